The minimum Gasteiger partial charge on any atom is -0.495 e. The van der Waals surface area contributed by atoms with Crippen LogP contribution in [0.25, 0.3) is 10.9 Å². The predicted octanol–water partition coefficient (Wildman–Crippen LogP) is 3.16. The molecule has 0 saturated carbocycles. The average molecular weight is 238 g/mol. The van der Waals surface area contributed by atoms with Gasteiger partial charge in [0.15, 0.2) is 0 Å². The van der Waals surface area contributed by atoms with Crippen molar-refractivity contribution in [2.75, 3.05) is 7.11 Å². The molecule has 2 aromatic heterocycles. The summed E-state index contributed by atoms with van der Waals surface area (Å²) in [6.45, 7) is 0. The molecule has 0 radical (unpaired) electrons. The molecule has 0 unspecified atom stereocenters. The summed E-state index contributed by atoms with van der Waals surface area (Å²) < 4.78 is 5.11. The molecular weight excluding hydrogens is 224 g/mol. The SMILES string of the molecule is COc1ccc(Cc2c[nH]c3ccccc23)nc1. The van der Waals surface area contributed by atoms with Crippen LogP contribution in [-0.4, -0.2) is 17.1 Å². The first-order chi connectivity index (χ1) is 8.86. The molecule has 0 bridgehead atoms. The van der Waals surface area contributed by atoms with E-state index in [4.69, 9.17) is 4.74 Å². The van der Waals surface area contributed by atoms with Crippen molar-refractivity contribution in [3.05, 3.63) is 60.0 Å². The second-order valence-electron chi connectivity index (χ2n) is 4.23. The van der Waals surface area contributed by atoms with Crippen molar-refractivity contribution >= 4 is 10.9 Å². The standard InChI is InChI=1S/C15H14N2O/c1-18-13-7-6-12(16-10-13)8-11-9-17-15-5-3-2-4-14(11)15/h2-7,9-10,17H,8H2,1H3. The number of benzene rings is 1. The summed E-state index contributed by atoms with van der Waals surface area (Å²) in [5.74, 6) is 0.790. The third kappa shape index (κ3) is 1.95. The highest BCUT2D eigenvalue weighted by atomic mass is 16.5. The maximum atomic E-state index is 5.11. The van der Waals surface area contributed by atoms with Crippen molar-refractivity contribution < 1.29 is 4.74 Å². The summed E-state index contributed by atoms with van der Waals surface area (Å²) in [6.07, 6.45) is 4.63. The second-order valence-corrected chi connectivity index (χ2v) is 4.23. The third-order valence-electron chi connectivity index (χ3n) is 3.08. The van der Waals surface area contributed by atoms with E-state index in [1.807, 2.05) is 18.2 Å². The number of methoxy groups -OCH3 is 1. The number of para-hydroxylation sites is 1. The highest BCUT2D eigenvalue weighted by Gasteiger charge is 2.04. The van der Waals surface area contributed by atoms with Gasteiger partial charge < -0.3 is 9.72 Å². The Morgan fingerprint density at radius 1 is 1.17 bits per heavy atom. The van der Waals surface area contributed by atoms with Crippen LogP contribution in [0.4, 0.5) is 0 Å². The molecule has 1 aromatic carbocycles. The maximum Gasteiger partial charge on any atom is 0.137 e. The highest BCUT2D eigenvalue weighted by molar-refractivity contribution is 5.83. The normalized spacial score (nSPS) is 10.7. The van der Waals surface area contributed by atoms with Crippen molar-refractivity contribution in [2.24, 2.45) is 0 Å². The Balaban J connectivity index is 1.91. The van der Waals surface area contributed by atoms with Crippen LogP contribution in [0.5, 0.6) is 5.75 Å². The Morgan fingerprint density at radius 2 is 2.06 bits per heavy atom. The summed E-state index contributed by atoms with van der Waals surface area (Å²) in [6, 6.07) is 12.2. The average Bonchev–Trinajstić information content (AvgIpc) is 2.83. The highest BCUT2D eigenvalue weighted by Crippen LogP contribution is 2.20. The van der Waals surface area contributed by atoms with Crippen LogP contribution in [0.15, 0.2) is 48.8 Å². The predicted molar refractivity (Wildman–Crippen MR) is 71.9 cm³/mol. The lowest BCUT2D eigenvalue weighted by Gasteiger charge is -2.02. The Hall–Kier alpha value is -2.29. The summed E-state index contributed by atoms with van der Waals surface area (Å²) in [7, 11) is 1.65. The number of nitrogens with zero attached hydrogens (tertiary/aromatic N) is 1. The number of hydrogen-bond donors (Lipinski definition) is 1. The van der Waals surface area contributed by atoms with E-state index in [0.29, 0.717) is 0 Å². The van der Waals surface area contributed by atoms with Gasteiger partial charge in [-0.25, -0.2) is 0 Å². The van der Waals surface area contributed by atoms with Crippen LogP contribution in [-0.2, 0) is 6.42 Å². The molecule has 0 amide bonds. The van der Waals surface area contributed by atoms with Gasteiger partial charge >= 0.3 is 0 Å². The van der Waals surface area contributed by atoms with Gasteiger partial charge in [0.1, 0.15) is 5.75 Å². The van der Waals surface area contributed by atoms with Gasteiger partial charge in [-0.1, -0.05) is 18.2 Å². The van der Waals surface area contributed by atoms with Crippen LogP contribution in [0, 0.1) is 0 Å². The number of nitrogens with one attached hydrogen (secondary N) is 1. The summed E-state index contributed by atoms with van der Waals surface area (Å²) in [5, 5.41) is 1.26. The molecule has 0 spiro atoms. The van der Waals surface area contributed by atoms with Crippen molar-refractivity contribution in [1.82, 2.24) is 9.97 Å². The van der Waals surface area contributed by atoms with Gasteiger partial charge in [-0.05, 0) is 23.8 Å². The lowest BCUT2D eigenvalue weighted by atomic mass is 10.1. The van der Waals surface area contributed by atoms with Crippen LogP contribution in [0.3, 0.4) is 0 Å². The quantitative estimate of drug-likeness (QED) is 0.761. The van der Waals surface area contributed by atoms with Crippen LogP contribution < -0.4 is 4.74 Å². The van der Waals surface area contributed by atoms with E-state index < -0.39 is 0 Å². The minimum absolute atomic E-state index is 0.790. The summed E-state index contributed by atoms with van der Waals surface area (Å²) in [4.78, 5) is 7.67. The number of rotatable bonds is 3. The molecule has 2 heterocycles. The van der Waals surface area contributed by atoms with Crippen molar-refractivity contribution in [3.8, 4) is 5.75 Å². The molecule has 0 saturated heterocycles. The number of ether oxygens (including phenoxy) is 1. The van der Waals surface area contributed by atoms with Crippen molar-refractivity contribution in [1.29, 1.82) is 0 Å². The molecule has 0 atom stereocenters. The Labute approximate surface area is 105 Å². The number of aromatic nitrogens is 2. The van der Waals surface area contributed by atoms with Gasteiger partial charge in [-0.15, -0.1) is 0 Å². The third-order valence-corrected chi connectivity index (χ3v) is 3.08. The molecule has 1 N–H and O–H groups in total. The van der Waals surface area contributed by atoms with E-state index in [-0.39, 0.29) is 0 Å². The molecule has 0 aliphatic heterocycles. The number of H-pyrrole nitrogens is 1. The first-order valence-electron chi connectivity index (χ1n) is 5.91. The lowest BCUT2D eigenvalue weighted by molar-refractivity contribution is 0.412. The van der Waals surface area contributed by atoms with E-state index in [9.17, 15) is 0 Å². The number of pyridine rings is 1. The van der Waals surface area contributed by atoms with E-state index >= 15 is 0 Å². The summed E-state index contributed by atoms with van der Waals surface area (Å²) >= 11 is 0. The van der Waals surface area contributed by atoms with Crippen molar-refractivity contribution in [2.45, 2.75) is 6.42 Å². The van der Waals surface area contributed by atoms with Gasteiger partial charge in [0.25, 0.3) is 0 Å². The van der Waals surface area contributed by atoms with Gasteiger partial charge in [0, 0.05) is 29.2 Å². The topological polar surface area (TPSA) is 37.9 Å². The van der Waals surface area contributed by atoms with Crippen LogP contribution >= 0.6 is 0 Å². The fourth-order valence-corrected chi connectivity index (χ4v) is 2.11. The van der Waals surface area contributed by atoms with Crippen molar-refractivity contribution in [3.63, 3.8) is 0 Å². The first-order valence-corrected chi connectivity index (χ1v) is 5.91. The van der Waals surface area contributed by atoms with Crippen LogP contribution in [0.1, 0.15) is 11.3 Å². The van der Waals surface area contributed by atoms with E-state index in [1.165, 1.54) is 16.5 Å². The maximum absolute atomic E-state index is 5.11. The molecular formula is C15H14N2O. The Kier molecular flexibility index (Phi) is 2.73. The molecule has 0 fully saturated rings. The number of hydrogen-bond acceptors (Lipinski definition) is 2. The fraction of sp³-hybridized carbons (Fsp3) is 0.133. The fourth-order valence-electron chi connectivity index (χ4n) is 2.11. The number of aromatic amines is 1. The van der Waals surface area contributed by atoms with Crippen LogP contribution in [0.2, 0.25) is 0 Å². The van der Waals surface area contributed by atoms with E-state index in [1.54, 1.807) is 13.3 Å². The smallest absolute Gasteiger partial charge is 0.137 e. The minimum atomic E-state index is 0.790. The molecule has 3 rings (SSSR count). The zero-order valence-corrected chi connectivity index (χ0v) is 10.2. The second kappa shape index (κ2) is 4.53. The Morgan fingerprint density at radius 3 is 2.83 bits per heavy atom. The molecule has 18 heavy (non-hydrogen) atoms. The van der Waals surface area contributed by atoms with Gasteiger partial charge in [0.05, 0.1) is 13.3 Å². The van der Waals surface area contributed by atoms with E-state index in [0.717, 1.165) is 17.9 Å². The molecule has 3 heteroatoms. The molecule has 3 aromatic rings. The molecule has 90 valence electrons. The first kappa shape index (κ1) is 10.8. The number of fused-ring (bicyclic) bond motifs is 1. The van der Waals surface area contributed by atoms with Gasteiger partial charge in [-0.2, -0.15) is 0 Å². The zero-order valence-electron chi connectivity index (χ0n) is 10.2. The summed E-state index contributed by atoms with van der Waals surface area (Å²) in [5.41, 5.74) is 3.48. The van der Waals surface area contributed by atoms with E-state index in [2.05, 4.69) is 34.4 Å². The molecule has 3 nitrogen and oxygen atoms in total. The zero-order chi connectivity index (χ0) is 12.4. The lowest BCUT2D eigenvalue weighted by Crippen LogP contribution is -1.92. The Bertz CT molecular complexity index is 656. The monoisotopic (exact) mass is 238 g/mol. The largest absolute Gasteiger partial charge is 0.495 e. The van der Waals surface area contributed by atoms with Gasteiger partial charge in [0.2, 0.25) is 0 Å². The van der Waals surface area contributed by atoms with Gasteiger partial charge in [-0.3, -0.25) is 4.98 Å². The molecule has 0 aliphatic rings. The molecule has 0 aliphatic carbocycles.